The molecule has 0 atom stereocenters. The van der Waals surface area contributed by atoms with E-state index in [4.69, 9.17) is 16.1 Å². The number of rotatable bonds is 4. The number of carbonyl (C=O) groups is 2. The fourth-order valence-corrected chi connectivity index (χ4v) is 2.17. The second-order valence-corrected chi connectivity index (χ2v) is 4.72. The number of carboxylic acid groups (broad SMARTS) is 1. The smallest absolute Gasteiger partial charge is 0.357 e. The van der Waals surface area contributed by atoms with Gasteiger partial charge in [-0.2, -0.15) is 5.26 Å². The number of nitriles is 1. The highest BCUT2D eigenvalue weighted by Crippen LogP contribution is 2.28. The summed E-state index contributed by atoms with van der Waals surface area (Å²) in [5.41, 5.74) is 4.22. The molecule has 0 aliphatic heterocycles. The van der Waals surface area contributed by atoms with Gasteiger partial charge in [0.2, 0.25) is 0 Å². The number of halogens is 2. The van der Waals surface area contributed by atoms with E-state index in [-0.39, 0.29) is 22.5 Å². The zero-order valence-corrected chi connectivity index (χ0v) is 12.3. The molecule has 124 valence electrons. The molecule has 24 heavy (non-hydrogen) atoms. The van der Waals surface area contributed by atoms with E-state index < -0.39 is 35.7 Å². The third-order valence-corrected chi connectivity index (χ3v) is 3.29. The average Bonchev–Trinajstić information content (AvgIpc) is 2.87. The Hall–Kier alpha value is -3.41. The quantitative estimate of drug-likeness (QED) is 0.820. The number of hydrogen-bond acceptors (Lipinski definition) is 5. The van der Waals surface area contributed by atoms with E-state index in [1.807, 2.05) is 0 Å². The van der Waals surface area contributed by atoms with E-state index in [0.717, 1.165) is 30.0 Å². The van der Waals surface area contributed by atoms with Crippen molar-refractivity contribution >= 4 is 17.6 Å². The Labute approximate surface area is 134 Å². The molecule has 0 unspecified atom stereocenters. The van der Waals surface area contributed by atoms with Gasteiger partial charge in [0.05, 0.1) is 30.5 Å². The summed E-state index contributed by atoms with van der Waals surface area (Å²) in [7, 11) is 1.07. The number of esters is 1. The molecule has 2 rings (SSSR count). The van der Waals surface area contributed by atoms with Gasteiger partial charge in [-0.25, -0.2) is 13.6 Å². The van der Waals surface area contributed by atoms with Gasteiger partial charge in [0.25, 0.3) is 0 Å². The summed E-state index contributed by atoms with van der Waals surface area (Å²) in [6.45, 7) is 0. The molecule has 0 fully saturated rings. The molecule has 0 saturated heterocycles. The van der Waals surface area contributed by atoms with Gasteiger partial charge in [-0.05, 0) is 6.07 Å². The Morgan fingerprint density at radius 2 is 2.04 bits per heavy atom. The highest BCUT2D eigenvalue weighted by Gasteiger charge is 2.25. The molecule has 0 saturated carbocycles. The maximum absolute atomic E-state index is 14.3. The SMILES string of the molecule is COC(=O)c1c(N)c(C#N)cn1-c1ccc(CC(=O)O)c(F)c1F. The largest absolute Gasteiger partial charge is 0.481 e. The number of nitrogen functional groups attached to an aromatic ring is 1. The van der Waals surface area contributed by atoms with Crippen LogP contribution in [0.25, 0.3) is 5.69 Å². The van der Waals surface area contributed by atoms with Crippen molar-refractivity contribution in [1.82, 2.24) is 4.57 Å². The predicted octanol–water partition coefficient (Wildman–Crippen LogP) is 1.62. The van der Waals surface area contributed by atoms with Crippen LogP contribution in [-0.2, 0) is 16.0 Å². The number of carbonyl (C=O) groups excluding carboxylic acids is 1. The molecule has 7 nitrogen and oxygen atoms in total. The number of ether oxygens (including phenoxy) is 1. The number of nitrogens with two attached hydrogens (primary N) is 1. The van der Waals surface area contributed by atoms with Crippen LogP contribution < -0.4 is 5.73 Å². The van der Waals surface area contributed by atoms with E-state index in [1.54, 1.807) is 6.07 Å². The van der Waals surface area contributed by atoms with Gasteiger partial charge < -0.3 is 20.1 Å². The molecule has 0 radical (unpaired) electrons. The van der Waals surface area contributed by atoms with Crippen molar-refractivity contribution in [3.05, 3.63) is 46.8 Å². The lowest BCUT2D eigenvalue weighted by Crippen LogP contribution is -2.13. The number of hydrogen-bond donors (Lipinski definition) is 2. The van der Waals surface area contributed by atoms with Crippen LogP contribution in [-0.4, -0.2) is 28.7 Å². The Balaban J connectivity index is 2.69. The number of aromatic nitrogens is 1. The van der Waals surface area contributed by atoms with Crippen LogP contribution in [0.15, 0.2) is 18.3 Å². The van der Waals surface area contributed by atoms with Crippen LogP contribution in [0.3, 0.4) is 0 Å². The Morgan fingerprint density at radius 1 is 1.38 bits per heavy atom. The molecule has 0 spiro atoms. The van der Waals surface area contributed by atoms with Gasteiger partial charge in [-0.3, -0.25) is 4.79 Å². The highest BCUT2D eigenvalue weighted by molar-refractivity contribution is 5.96. The van der Waals surface area contributed by atoms with Crippen molar-refractivity contribution in [2.24, 2.45) is 0 Å². The van der Waals surface area contributed by atoms with Crippen LogP contribution in [0.1, 0.15) is 21.6 Å². The van der Waals surface area contributed by atoms with Crippen LogP contribution in [0.4, 0.5) is 14.5 Å². The minimum atomic E-state index is -1.38. The molecule has 0 amide bonds. The monoisotopic (exact) mass is 335 g/mol. The van der Waals surface area contributed by atoms with E-state index >= 15 is 0 Å². The van der Waals surface area contributed by atoms with E-state index in [2.05, 4.69) is 4.74 Å². The minimum absolute atomic E-state index is 0.121. The lowest BCUT2D eigenvalue weighted by atomic mass is 10.1. The third kappa shape index (κ3) is 2.77. The Bertz CT molecular complexity index is 884. The summed E-state index contributed by atoms with van der Waals surface area (Å²) in [6, 6.07) is 3.89. The third-order valence-electron chi connectivity index (χ3n) is 3.29. The van der Waals surface area contributed by atoms with Crippen LogP contribution in [0, 0.1) is 23.0 Å². The first-order valence-electron chi connectivity index (χ1n) is 6.50. The Kier molecular flexibility index (Phi) is 4.50. The van der Waals surface area contributed by atoms with E-state index in [1.165, 1.54) is 0 Å². The van der Waals surface area contributed by atoms with Crippen molar-refractivity contribution in [3.63, 3.8) is 0 Å². The van der Waals surface area contributed by atoms with E-state index in [9.17, 15) is 18.4 Å². The van der Waals surface area contributed by atoms with Gasteiger partial charge in [0.15, 0.2) is 17.3 Å². The Morgan fingerprint density at radius 3 is 2.58 bits per heavy atom. The molecule has 2 aromatic rings. The molecule has 0 aliphatic carbocycles. The molecule has 1 aromatic heterocycles. The molecular weight excluding hydrogens is 324 g/mol. The van der Waals surface area contributed by atoms with Crippen molar-refractivity contribution in [2.45, 2.75) is 6.42 Å². The number of anilines is 1. The summed E-state index contributed by atoms with van der Waals surface area (Å²) in [4.78, 5) is 22.5. The summed E-state index contributed by atoms with van der Waals surface area (Å²) in [6.07, 6.45) is 0.362. The van der Waals surface area contributed by atoms with Gasteiger partial charge in [0, 0.05) is 11.8 Å². The van der Waals surface area contributed by atoms with Crippen LogP contribution in [0.2, 0.25) is 0 Å². The van der Waals surface area contributed by atoms with Gasteiger partial charge in [-0.15, -0.1) is 0 Å². The molecule has 0 aliphatic rings. The van der Waals surface area contributed by atoms with Gasteiger partial charge in [0.1, 0.15) is 6.07 Å². The molecule has 1 heterocycles. The summed E-state index contributed by atoms with van der Waals surface area (Å²) < 4.78 is 33.8. The first-order valence-corrected chi connectivity index (χ1v) is 6.50. The first-order chi connectivity index (χ1) is 11.3. The molecule has 3 N–H and O–H groups in total. The van der Waals surface area contributed by atoms with Crippen molar-refractivity contribution < 1.29 is 28.2 Å². The molecule has 1 aromatic carbocycles. The second-order valence-electron chi connectivity index (χ2n) is 4.72. The zero-order valence-electron chi connectivity index (χ0n) is 12.3. The zero-order chi connectivity index (χ0) is 18.0. The normalized spacial score (nSPS) is 10.2. The first kappa shape index (κ1) is 17.0. The number of aliphatic carboxylic acids is 1. The van der Waals surface area contributed by atoms with Crippen LogP contribution >= 0.6 is 0 Å². The average molecular weight is 335 g/mol. The van der Waals surface area contributed by atoms with Gasteiger partial charge >= 0.3 is 11.9 Å². The van der Waals surface area contributed by atoms with Crippen molar-refractivity contribution in [3.8, 4) is 11.8 Å². The number of methoxy groups -OCH3 is 1. The fraction of sp³-hybridized carbons (Fsp3) is 0.133. The van der Waals surface area contributed by atoms with E-state index in [0.29, 0.717) is 0 Å². The lowest BCUT2D eigenvalue weighted by Gasteiger charge is -2.11. The van der Waals surface area contributed by atoms with Crippen molar-refractivity contribution in [1.29, 1.82) is 5.26 Å². The lowest BCUT2D eigenvalue weighted by molar-refractivity contribution is -0.136. The molecule has 0 bridgehead atoms. The molecule has 9 heteroatoms. The highest BCUT2D eigenvalue weighted by atomic mass is 19.2. The van der Waals surface area contributed by atoms with Crippen molar-refractivity contribution in [2.75, 3.05) is 12.8 Å². The topological polar surface area (TPSA) is 118 Å². The maximum atomic E-state index is 14.3. The standard InChI is InChI=1S/C15H11F2N3O4/c1-24-15(23)14-13(19)8(5-18)6-20(14)9-3-2-7(4-10(21)22)11(16)12(9)17/h2-3,6H,4,19H2,1H3,(H,21,22). The summed E-state index contributed by atoms with van der Waals surface area (Å²) >= 11 is 0. The van der Waals surface area contributed by atoms with Crippen LogP contribution in [0.5, 0.6) is 0 Å². The summed E-state index contributed by atoms with van der Waals surface area (Å²) in [5, 5.41) is 17.7. The molecular formula is C15H11F2N3O4. The minimum Gasteiger partial charge on any atom is -0.481 e. The number of nitrogens with zero attached hydrogens (tertiary/aromatic N) is 2. The summed E-state index contributed by atoms with van der Waals surface area (Å²) in [5.74, 6) is -5.01. The fourth-order valence-electron chi connectivity index (χ4n) is 2.17. The number of benzene rings is 1. The number of carboxylic acids is 1. The maximum Gasteiger partial charge on any atom is 0.357 e. The van der Waals surface area contributed by atoms with Gasteiger partial charge in [-0.1, -0.05) is 6.07 Å². The second kappa shape index (κ2) is 6.37. The predicted molar refractivity (Wildman–Crippen MR) is 77.5 cm³/mol.